The van der Waals surface area contributed by atoms with E-state index < -0.39 is 0 Å². The van der Waals surface area contributed by atoms with Crippen molar-refractivity contribution in [2.24, 2.45) is 17.6 Å². The van der Waals surface area contributed by atoms with E-state index in [-0.39, 0.29) is 17.9 Å². The Bertz CT molecular complexity index is 843. The zero-order valence-corrected chi connectivity index (χ0v) is 17.3. The summed E-state index contributed by atoms with van der Waals surface area (Å²) in [7, 11) is 0. The number of amides is 1. The van der Waals surface area contributed by atoms with E-state index in [1.165, 1.54) is 0 Å². The van der Waals surface area contributed by atoms with Crippen LogP contribution < -0.4 is 10.6 Å². The first-order valence-electron chi connectivity index (χ1n) is 10.6. The molecule has 29 heavy (non-hydrogen) atoms. The number of anilines is 1. The average molecular weight is 399 g/mol. The Hall–Kier alpha value is -2.48. The maximum Gasteiger partial charge on any atom is 0.244 e. The molecule has 2 fully saturated rings. The van der Waals surface area contributed by atoms with Crippen molar-refractivity contribution in [2.75, 3.05) is 31.1 Å². The van der Waals surface area contributed by atoms with Gasteiger partial charge in [0.15, 0.2) is 0 Å². The number of hydrogen-bond acceptors (Lipinski definition) is 7. The Morgan fingerprint density at radius 3 is 2.79 bits per heavy atom. The number of nitrogens with two attached hydrogens (primary N) is 1. The Balaban J connectivity index is 1.47. The number of piperidine rings is 1. The van der Waals surface area contributed by atoms with E-state index in [9.17, 15) is 4.79 Å². The summed E-state index contributed by atoms with van der Waals surface area (Å²) in [5, 5.41) is 4.25. The van der Waals surface area contributed by atoms with Crippen molar-refractivity contribution in [1.29, 1.82) is 0 Å². The lowest BCUT2D eigenvalue weighted by Gasteiger charge is -2.31. The first-order chi connectivity index (χ1) is 14.0. The molecule has 2 aliphatic rings. The van der Waals surface area contributed by atoms with Crippen molar-refractivity contribution < 1.29 is 9.32 Å². The smallest absolute Gasteiger partial charge is 0.244 e. The van der Waals surface area contributed by atoms with E-state index in [2.05, 4.69) is 33.8 Å². The third-order valence-corrected chi connectivity index (χ3v) is 5.92. The van der Waals surface area contributed by atoms with Crippen molar-refractivity contribution >= 4 is 11.7 Å². The lowest BCUT2D eigenvalue weighted by atomic mass is 9.96. The molecular weight excluding hydrogens is 368 g/mol. The number of carbonyl (C=O) groups is 1. The molecule has 0 aromatic carbocycles. The normalized spacial score (nSPS) is 21.2. The Kier molecular flexibility index (Phi) is 5.80. The first kappa shape index (κ1) is 19.8. The lowest BCUT2D eigenvalue weighted by molar-refractivity contribution is -0.122. The summed E-state index contributed by atoms with van der Waals surface area (Å²) in [4.78, 5) is 25.2. The molecule has 4 rings (SSSR count). The fourth-order valence-corrected chi connectivity index (χ4v) is 4.40. The molecule has 0 aliphatic carbocycles. The van der Waals surface area contributed by atoms with E-state index in [1.54, 1.807) is 6.20 Å². The van der Waals surface area contributed by atoms with Crippen molar-refractivity contribution in [3.8, 4) is 11.4 Å². The molecule has 0 spiro atoms. The lowest BCUT2D eigenvalue weighted by Crippen LogP contribution is -2.38. The zero-order chi connectivity index (χ0) is 20.4. The van der Waals surface area contributed by atoms with E-state index >= 15 is 0 Å². The molecule has 2 saturated heterocycles. The van der Waals surface area contributed by atoms with Gasteiger partial charge in [-0.3, -0.25) is 9.69 Å². The minimum absolute atomic E-state index is 0.0330. The Labute approximate surface area is 171 Å². The number of likely N-dealkylation sites (tertiary alicyclic amines) is 1. The van der Waals surface area contributed by atoms with Crippen LogP contribution in [0.3, 0.4) is 0 Å². The van der Waals surface area contributed by atoms with E-state index in [1.807, 2.05) is 12.1 Å². The highest BCUT2D eigenvalue weighted by Crippen LogP contribution is 2.33. The van der Waals surface area contributed by atoms with Gasteiger partial charge in [0.05, 0.1) is 6.04 Å². The average Bonchev–Trinajstić information content (AvgIpc) is 3.37. The standard InChI is InChI=1S/C21H30N6O2/c1-14(2)13-27-9-3-4-17(27)21-24-20(25-29-21)16-5-8-23-18(12-16)26-10-6-15(7-11-26)19(22)28/h5,8,12,14-15,17H,3-4,6-7,9-11,13H2,1-2H3,(H2,22,28). The van der Waals surface area contributed by atoms with Crippen LogP contribution in [0.5, 0.6) is 0 Å². The number of hydrogen-bond donors (Lipinski definition) is 1. The van der Waals surface area contributed by atoms with Crippen LogP contribution in [0.4, 0.5) is 5.82 Å². The molecule has 1 unspecified atom stereocenters. The number of pyridine rings is 1. The summed E-state index contributed by atoms with van der Waals surface area (Å²) < 4.78 is 5.65. The maximum atomic E-state index is 11.4. The van der Waals surface area contributed by atoms with E-state index in [0.717, 1.165) is 63.2 Å². The Morgan fingerprint density at radius 1 is 1.28 bits per heavy atom. The van der Waals surface area contributed by atoms with Crippen LogP contribution in [-0.4, -0.2) is 52.1 Å². The summed E-state index contributed by atoms with van der Waals surface area (Å²) in [6.45, 7) is 8.14. The van der Waals surface area contributed by atoms with Crippen molar-refractivity contribution in [3.05, 3.63) is 24.2 Å². The number of rotatable bonds is 6. The molecule has 0 radical (unpaired) electrons. The molecule has 0 bridgehead atoms. The second kappa shape index (κ2) is 8.49. The number of carbonyl (C=O) groups excluding carboxylic acids is 1. The Morgan fingerprint density at radius 2 is 2.07 bits per heavy atom. The summed E-state index contributed by atoms with van der Waals surface area (Å²) in [6, 6.07) is 4.13. The molecular formula is C21H30N6O2. The highest BCUT2D eigenvalue weighted by atomic mass is 16.5. The SMILES string of the molecule is CC(C)CN1CCCC1c1nc(-c2ccnc(N3CCC(C(N)=O)CC3)c2)no1. The molecule has 2 N–H and O–H groups in total. The van der Waals surface area contributed by atoms with Gasteiger partial charge in [-0.15, -0.1) is 0 Å². The molecule has 1 atom stereocenters. The molecule has 8 nitrogen and oxygen atoms in total. The van der Waals surface area contributed by atoms with Gasteiger partial charge in [-0.1, -0.05) is 19.0 Å². The quantitative estimate of drug-likeness (QED) is 0.798. The molecule has 156 valence electrons. The van der Waals surface area contributed by atoms with Gasteiger partial charge in [-0.25, -0.2) is 4.98 Å². The van der Waals surface area contributed by atoms with Gasteiger partial charge in [-0.2, -0.15) is 4.98 Å². The van der Waals surface area contributed by atoms with Gasteiger partial charge < -0.3 is 15.2 Å². The molecule has 2 aromatic heterocycles. The van der Waals surface area contributed by atoms with Crippen molar-refractivity contribution in [1.82, 2.24) is 20.0 Å². The largest absolute Gasteiger partial charge is 0.369 e. The van der Waals surface area contributed by atoms with Crippen LogP contribution in [0.15, 0.2) is 22.9 Å². The van der Waals surface area contributed by atoms with Gasteiger partial charge in [0, 0.05) is 37.3 Å². The van der Waals surface area contributed by atoms with Gasteiger partial charge in [-0.05, 0) is 50.3 Å². The minimum Gasteiger partial charge on any atom is -0.369 e. The monoisotopic (exact) mass is 398 g/mol. The minimum atomic E-state index is -0.205. The molecule has 0 saturated carbocycles. The molecule has 8 heteroatoms. The first-order valence-corrected chi connectivity index (χ1v) is 10.6. The van der Waals surface area contributed by atoms with Crippen LogP contribution in [0.1, 0.15) is 51.5 Å². The van der Waals surface area contributed by atoms with E-state index in [4.69, 9.17) is 15.2 Å². The second-order valence-electron chi connectivity index (χ2n) is 8.57. The highest BCUT2D eigenvalue weighted by molar-refractivity contribution is 5.77. The third kappa shape index (κ3) is 4.42. The summed E-state index contributed by atoms with van der Waals surface area (Å²) >= 11 is 0. The van der Waals surface area contributed by atoms with Gasteiger partial charge in [0.1, 0.15) is 5.82 Å². The van der Waals surface area contributed by atoms with Gasteiger partial charge >= 0.3 is 0 Å². The molecule has 2 aliphatic heterocycles. The second-order valence-corrected chi connectivity index (χ2v) is 8.57. The summed E-state index contributed by atoms with van der Waals surface area (Å²) in [6.07, 6.45) is 5.53. The van der Waals surface area contributed by atoms with Crippen LogP contribution in [0.25, 0.3) is 11.4 Å². The predicted molar refractivity (Wildman–Crippen MR) is 110 cm³/mol. The molecule has 1 amide bonds. The highest BCUT2D eigenvalue weighted by Gasteiger charge is 2.31. The van der Waals surface area contributed by atoms with Crippen LogP contribution >= 0.6 is 0 Å². The maximum absolute atomic E-state index is 11.4. The number of aromatic nitrogens is 3. The van der Waals surface area contributed by atoms with Crippen molar-refractivity contribution in [2.45, 2.75) is 45.6 Å². The zero-order valence-electron chi connectivity index (χ0n) is 17.3. The van der Waals surface area contributed by atoms with Crippen LogP contribution in [0.2, 0.25) is 0 Å². The summed E-state index contributed by atoms with van der Waals surface area (Å²) in [5.74, 6) is 2.56. The van der Waals surface area contributed by atoms with Crippen LogP contribution in [0, 0.1) is 11.8 Å². The fraction of sp³-hybridized carbons (Fsp3) is 0.619. The predicted octanol–water partition coefficient (Wildman–Crippen LogP) is 2.63. The molecule has 4 heterocycles. The van der Waals surface area contributed by atoms with E-state index in [0.29, 0.717) is 17.6 Å². The van der Waals surface area contributed by atoms with Crippen molar-refractivity contribution in [3.63, 3.8) is 0 Å². The molecule has 2 aromatic rings. The topological polar surface area (TPSA) is 101 Å². The number of nitrogens with zero attached hydrogens (tertiary/aromatic N) is 5. The number of primary amides is 1. The fourth-order valence-electron chi connectivity index (χ4n) is 4.40. The van der Waals surface area contributed by atoms with Crippen LogP contribution in [-0.2, 0) is 4.79 Å². The third-order valence-electron chi connectivity index (χ3n) is 5.92. The summed E-state index contributed by atoms with van der Waals surface area (Å²) in [5.41, 5.74) is 6.34. The van der Waals surface area contributed by atoms with Gasteiger partial charge in [0.25, 0.3) is 0 Å². The van der Waals surface area contributed by atoms with Gasteiger partial charge in [0.2, 0.25) is 17.6 Å².